The summed E-state index contributed by atoms with van der Waals surface area (Å²) in [6.45, 7) is 4.34. The second-order valence-corrected chi connectivity index (χ2v) is 10.7. The number of aliphatic hydroxyl groups is 1. The van der Waals surface area contributed by atoms with Gasteiger partial charge in [0.25, 0.3) is 0 Å². The number of benzene rings is 2. The summed E-state index contributed by atoms with van der Waals surface area (Å²) in [5.74, 6) is 1.32. The van der Waals surface area contributed by atoms with Gasteiger partial charge >= 0.3 is 0 Å². The van der Waals surface area contributed by atoms with Crippen LogP contribution in [-0.2, 0) is 16.3 Å². The average molecular weight is 463 g/mol. The summed E-state index contributed by atoms with van der Waals surface area (Å²) in [6.07, 6.45) is 1.79. The molecule has 1 fully saturated rings. The first-order chi connectivity index (χ1) is 14.7. The van der Waals surface area contributed by atoms with Gasteiger partial charge in [-0.2, -0.15) is 5.26 Å². The van der Waals surface area contributed by atoms with Crippen LogP contribution in [0.5, 0.6) is 5.75 Å². The van der Waals surface area contributed by atoms with Crippen molar-refractivity contribution in [2.45, 2.75) is 24.3 Å². The molecule has 0 saturated carbocycles. The van der Waals surface area contributed by atoms with Gasteiger partial charge in [0.05, 0.1) is 29.7 Å². The number of aliphatic hydroxyl groups excluding tert-OH is 1. The summed E-state index contributed by atoms with van der Waals surface area (Å²) in [5.41, 5.74) is 1.45. The number of ether oxygens (including phenoxy) is 1. The monoisotopic (exact) mass is 462 g/mol. The molecule has 0 unspecified atom stereocenters. The van der Waals surface area contributed by atoms with Crippen molar-refractivity contribution in [1.29, 1.82) is 5.26 Å². The minimum Gasteiger partial charge on any atom is -0.493 e. The molecule has 166 valence electrons. The third kappa shape index (κ3) is 6.20. The number of sulfone groups is 1. The van der Waals surface area contributed by atoms with Crippen LogP contribution in [0.15, 0.2) is 47.4 Å². The first-order valence-electron chi connectivity index (χ1n) is 10.2. The number of nitrogens with zero attached hydrogens (tertiary/aromatic N) is 2. The number of rotatable bonds is 8. The van der Waals surface area contributed by atoms with Crippen LogP contribution in [0.1, 0.15) is 18.1 Å². The molecule has 0 bridgehead atoms. The highest BCUT2D eigenvalue weighted by Crippen LogP contribution is 2.28. The van der Waals surface area contributed by atoms with E-state index in [4.69, 9.17) is 21.6 Å². The standard InChI is InChI=1S/C23H27ClN2O4S/c1-16-12-26(21(14-27)10-17-7-18(11-25)9-20(24)8-17)13-19(16)15-30-22-3-5-23(6-4-22)31(2,28)29/h3-9,16,19,21,27H,10,12-15H2,1-2H3/t16-,19+,21-/m1/s1. The van der Waals surface area contributed by atoms with Crippen LogP contribution < -0.4 is 4.74 Å². The Hall–Kier alpha value is -2.11. The molecular weight excluding hydrogens is 436 g/mol. The maximum Gasteiger partial charge on any atom is 0.175 e. The molecule has 1 aliphatic rings. The molecular formula is C23H27ClN2O4S. The van der Waals surface area contributed by atoms with E-state index in [2.05, 4.69) is 17.9 Å². The van der Waals surface area contributed by atoms with E-state index in [0.717, 1.165) is 18.7 Å². The Morgan fingerprint density at radius 3 is 2.58 bits per heavy atom. The van der Waals surface area contributed by atoms with Gasteiger partial charge in [-0.1, -0.05) is 18.5 Å². The van der Waals surface area contributed by atoms with Gasteiger partial charge in [0.15, 0.2) is 9.84 Å². The molecule has 0 radical (unpaired) electrons. The molecule has 31 heavy (non-hydrogen) atoms. The fourth-order valence-electron chi connectivity index (χ4n) is 3.99. The van der Waals surface area contributed by atoms with Crippen LogP contribution in [0.3, 0.4) is 0 Å². The lowest BCUT2D eigenvalue weighted by Gasteiger charge is -2.26. The van der Waals surface area contributed by atoms with Crippen molar-refractivity contribution in [3.8, 4) is 11.8 Å². The van der Waals surface area contributed by atoms with Crippen LogP contribution >= 0.6 is 11.6 Å². The van der Waals surface area contributed by atoms with Gasteiger partial charge in [-0.05, 0) is 60.4 Å². The fourth-order valence-corrected chi connectivity index (χ4v) is 4.88. The highest BCUT2D eigenvalue weighted by Gasteiger charge is 2.34. The van der Waals surface area contributed by atoms with Crippen molar-refractivity contribution in [2.24, 2.45) is 11.8 Å². The minimum absolute atomic E-state index is 0.0155. The van der Waals surface area contributed by atoms with Crippen LogP contribution in [0.25, 0.3) is 0 Å². The van der Waals surface area contributed by atoms with E-state index in [1.54, 1.807) is 30.3 Å². The smallest absolute Gasteiger partial charge is 0.175 e. The Morgan fingerprint density at radius 1 is 1.26 bits per heavy atom. The fraction of sp³-hybridized carbons (Fsp3) is 0.435. The second kappa shape index (κ2) is 10.0. The highest BCUT2D eigenvalue weighted by atomic mass is 35.5. The summed E-state index contributed by atoms with van der Waals surface area (Å²) in [6, 6.07) is 13.8. The topological polar surface area (TPSA) is 90.6 Å². The molecule has 1 aliphatic heterocycles. The predicted octanol–water partition coefficient (Wildman–Crippen LogP) is 3.17. The summed E-state index contributed by atoms with van der Waals surface area (Å²) < 4.78 is 29.1. The van der Waals surface area contributed by atoms with E-state index in [0.29, 0.717) is 35.3 Å². The molecule has 0 spiro atoms. The van der Waals surface area contributed by atoms with Crippen LogP contribution in [0.4, 0.5) is 0 Å². The largest absolute Gasteiger partial charge is 0.493 e. The predicted molar refractivity (Wildman–Crippen MR) is 120 cm³/mol. The molecule has 0 amide bonds. The van der Waals surface area contributed by atoms with Crippen molar-refractivity contribution < 1.29 is 18.3 Å². The van der Waals surface area contributed by atoms with E-state index in [-0.39, 0.29) is 23.5 Å². The number of hydrogen-bond donors (Lipinski definition) is 1. The molecule has 1 heterocycles. The van der Waals surface area contributed by atoms with Gasteiger partial charge in [0, 0.05) is 36.3 Å². The van der Waals surface area contributed by atoms with Gasteiger partial charge in [-0.25, -0.2) is 8.42 Å². The molecule has 1 N–H and O–H groups in total. The van der Waals surface area contributed by atoms with Crippen molar-refractivity contribution in [2.75, 3.05) is 32.6 Å². The zero-order chi connectivity index (χ0) is 22.6. The maximum atomic E-state index is 11.6. The highest BCUT2D eigenvalue weighted by molar-refractivity contribution is 7.90. The summed E-state index contributed by atoms with van der Waals surface area (Å²) in [4.78, 5) is 2.53. The molecule has 8 heteroatoms. The van der Waals surface area contributed by atoms with E-state index in [1.165, 1.54) is 6.26 Å². The zero-order valence-electron chi connectivity index (χ0n) is 17.7. The number of halogens is 1. The van der Waals surface area contributed by atoms with E-state index >= 15 is 0 Å². The summed E-state index contributed by atoms with van der Waals surface area (Å²) in [7, 11) is -3.22. The van der Waals surface area contributed by atoms with E-state index in [1.807, 2.05) is 12.1 Å². The molecule has 0 aliphatic carbocycles. The summed E-state index contributed by atoms with van der Waals surface area (Å²) >= 11 is 6.12. The first kappa shape index (κ1) is 23.6. The normalized spacial score (nSPS) is 20.4. The van der Waals surface area contributed by atoms with Crippen molar-refractivity contribution in [3.05, 3.63) is 58.6 Å². The van der Waals surface area contributed by atoms with Crippen molar-refractivity contribution >= 4 is 21.4 Å². The lowest BCUT2D eigenvalue weighted by atomic mass is 9.99. The second-order valence-electron chi connectivity index (χ2n) is 8.25. The van der Waals surface area contributed by atoms with Gasteiger partial charge in [-0.3, -0.25) is 4.90 Å². The Morgan fingerprint density at radius 2 is 1.97 bits per heavy atom. The van der Waals surface area contributed by atoms with Gasteiger partial charge in [-0.15, -0.1) is 0 Å². The first-order valence-corrected chi connectivity index (χ1v) is 12.4. The molecule has 2 aromatic carbocycles. The van der Waals surface area contributed by atoms with Crippen LogP contribution in [0.2, 0.25) is 5.02 Å². The molecule has 0 aromatic heterocycles. The van der Waals surface area contributed by atoms with Crippen molar-refractivity contribution in [3.63, 3.8) is 0 Å². The maximum absolute atomic E-state index is 11.6. The quantitative estimate of drug-likeness (QED) is 0.648. The number of nitriles is 1. The lowest BCUT2D eigenvalue weighted by Crippen LogP contribution is -2.38. The van der Waals surface area contributed by atoms with E-state index in [9.17, 15) is 13.5 Å². The van der Waals surface area contributed by atoms with Gasteiger partial charge < -0.3 is 9.84 Å². The van der Waals surface area contributed by atoms with Crippen molar-refractivity contribution in [1.82, 2.24) is 4.90 Å². The molecule has 3 atom stereocenters. The Bertz CT molecular complexity index is 1050. The minimum atomic E-state index is -3.22. The zero-order valence-corrected chi connectivity index (χ0v) is 19.2. The number of hydrogen-bond acceptors (Lipinski definition) is 6. The van der Waals surface area contributed by atoms with Crippen LogP contribution in [0, 0.1) is 23.2 Å². The summed E-state index contributed by atoms with van der Waals surface area (Å²) in [5, 5.41) is 19.7. The number of likely N-dealkylation sites (tertiary alicyclic amines) is 1. The van der Waals surface area contributed by atoms with Gasteiger partial charge in [0.1, 0.15) is 5.75 Å². The Kier molecular flexibility index (Phi) is 7.60. The Labute approximate surface area is 188 Å². The van der Waals surface area contributed by atoms with E-state index < -0.39 is 9.84 Å². The molecule has 1 saturated heterocycles. The van der Waals surface area contributed by atoms with Gasteiger partial charge in [0.2, 0.25) is 0 Å². The Balaban J connectivity index is 1.60. The third-order valence-corrected chi connectivity index (χ3v) is 7.14. The SMILES string of the molecule is C[C@@H]1CN([C@@H](CO)Cc2cc(Cl)cc(C#N)c2)C[C@H]1COc1ccc(S(C)(=O)=O)cc1. The molecule has 6 nitrogen and oxygen atoms in total. The lowest BCUT2D eigenvalue weighted by molar-refractivity contribution is 0.136. The third-order valence-electron chi connectivity index (χ3n) is 5.80. The molecule has 2 aromatic rings. The average Bonchev–Trinajstić information content (AvgIpc) is 3.10. The molecule has 3 rings (SSSR count). The van der Waals surface area contributed by atoms with Crippen LogP contribution in [-0.4, -0.2) is 57.0 Å².